The number of nitrogens with zero attached hydrogens (tertiary/aromatic N) is 5. The zero-order valence-corrected chi connectivity index (χ0v) is 25.8. The van der Waals surface area contributed by atoms with Crippen molar-refractivity contribution in [1.82, 2.24) is 24.6 Å². The van der Waals surface area contributed by atoms with E-state index in [1.807, 2.05) is 41.3 Å². The Bertz CT molecular complexity index is 2050. The Hall–Kier alpha value is -4.90. The van der Waals surface area contributed by atoms with E-state index in [1.165, 1.54) is 24.5 Å². The minimum absolute atomic E-state index is 0.0413. The molecular weight excluding hydrogens is 596 g/mol. The average molecular weight is 626 g/mol. The summed E-state index contributed by atoms with van der Waals surface area (Å²) in [4.78, 5) is 33.5. The summed E-state index contributed by atoms with van der Waals surface area (Å²) >= 11 is 1.42. The minimum Gasteiger partial charge on any atom is -0.496 e. The molecule has 2 aromatic carbocycles. The summed E-state index contributed by atoms with van der Waals surface area (Å²) in [7, 11) is 3.16. The predicted octanol–water partition coefficient (Wildman–Crippen LogP) is 6.38. The molecule has 5 heterocycles. The van der Waals surface area contributed by atoms with Crippen LogP contribution in [0.15, 0.2) is 60.5 Å². The van der Waals surface area contributed by atoms with Gasteiger partial charge in [0.15, 0.2) is 0 Å². The van der Waals surface area contributed by atoms with E-state index in [0.29, 0.717) is 48.7 Å². The standard InChI is InChI=1S/C34H29F2N5O3S/c1-5-28(42)40-9-10-41-26(18(40)2)16-25(38-41)33-31(30-24(36)14-22(35)15-27(30)44-4)34-23(8-11-45-34)32(37-33)20-7-6-19-13-29(43)39(3)17-21(19)12-20/h5-8,11-12,14-16,18H,1,9-10,13,17H2,2-4H3. The molecule has 0 aliphatic carbocycles. The molecule has 2 aliphatic rings. The van der Waals surface area contributed by atoms with Gasteiger partial charge in [0.25, 0.3) is 0 Å². The number of aromatic nitrogens is 3. The normalized spacial score (nSPS) is 16.1. The fourth-order valence-electron chi connectivity index (χ4n) is 6.39. The predicted molar refractivity (Wildman–Crippen MR) is 169 cm³/mol. The van der Waals surface area contributed by atoms with E-state index in [9.17, 15) is 14.0 Å². The third-order valence-electron chi connectivity index (χ3n) is 8.71. The van der Waals surface area contributed by atoms with Crippen LogP contribution in [0.1, 0.15) is 29.8 Å². The van der Waals surface area contributed by atoms with Crippen LogP contribution in [0.2, 0.25) is 0 Å². The molecule has 8 nitrogen and oxygen atoms in total. The molecule has 0 radical (unpaired) electrons. The van der Waals surface area contributed by atoms with E-state index < -0.39 is 11.6 Å². The highest BCUT2D eigenvalue weighted by Crippen LogP contribution is 2.47. The van der Waals surface area contributed by atoms with E-state index in [0.717, 1.165) is 44.6 Å². The number of rotatable bonds is 5. The monoisotopic (exact) mass is 625 g/mol. The second kappa shape index (κ2) is 10.9. The molecule has 0 N–H and O–H groups in total. The van der Waals surface area contributed by atoms with Gasteiger partial charge in [-0.3, -0.25) is 14.3 Å². The molecule has 45 heavy (non-hydrogen) atoms. The number of hydrogen-bond acceptors (Lipinski definition) is 6. The van der Waals surface area contributed by atoms with Gasteiger partial charge in [0.1, 0.15) is 28.8 Å². The number of carbonyl (C=O) groups is 2. The number of pyridine rings is 1. The number of methoxy groups -OCH3 is 1. The molecule has 0 saturated carbocycles. The van der Waals surface area contributed by atoms with Gasteiger partial charge in [-0.25, -0.2) is 13.8 Å². The fourth-order valence-corrected chi connectivity index (χ4v) is 7.34. The number of hydrogen-bond donors (Lipinski definition) is 0. The summed E-state index contributed by atoms with van der Waals surface area (Å²) in [6, 6.07) is 11.5. The number of likely N-dealkylation sites (N-methyl/N-ethyl adjacent to an activating group) is 1. The average Bonchev–Trinajstić information content (AvgIpc) is 3.69. The number of thiophene rings is 1. The van der Waals surface area contributed by atoms with Crippen molar-refractivity contribution in [2.24, 2.45) is 0 Å². The highest BCUT2D eigenvalue weighted by atomic mass is 32.1. The Kier molecular flexibility index (Phi) is 7.00. The molecule has 0 fully saturated rings. The van der Waals surface area contributed by atoms with Gasteiger partial charge >= 0.3 is 0 Å². The van der Waals surface area contributed by atoms with Crippen molar-refractivity contribution < 1.29 is 23.1 Å². The molecule has 11 heteroatoms. The minimum atomic E-state index is -0.779. The van der Waals surface area contributed by atoms with Crippen LogP contribution < -0.4 is 4.74 Å². The zero-order valence-electron chi connectivity index (χ0n) is 24.9. The molecule has 228 valence electrons. The van der Waals surface area contributed by atoms with E-state index in [4.69, 9.17) is 14.8 Å². The number of carbonyl (C=O) groups excluding carboxylic acids is 2. The van der Waals surface area contributed by atoms with Crippen LogP contribution in [0.5, 0.6) is 5.75 Å². The molecule has 2 aliphatic heterocycles. The quantitative estimate of drug-likeness (QED) is 0.212. The number of benzene rings is 2. The third kappa shape index (κ3) is 4.69. The summed E-state index contributed by atoms with van der Waals surface area (Å²) in [5.74, 6) is -1.59. The van der Waals surface area contributed by atoms with Crippen LogP contribution >= 0.6 is 11.3 Å². The maximum atomic E-state index is 15.8. The summed E-state index contributed by atoms with van der Waals surface area (Å²) in [6.45, 7) is 6.98. The Morgan fingerprint density at radius 2 is 1.91 bits per heavy atom. The second-order valence-electron chi connectivity index (χ2n) is 11.3. The topological polar surface area (TPSA) is 80.6 Å². The lowest BCUT2D eigenvalue weighted by Crippen LogP contribution is -2.40. The molecule has 0 bridgehead atoms. The zero-order chi connectivity index (χ0) is 31.6. The van der Waals surface area contributed by atoms with Crippen molar-refractivity contribution in [2.75, 3.05) is 20.7 Å². The van der Waals surface area contributed by atoms with Gasteiger partial charge in [0.05, 0.1) is 43.1 Å². The van der Waals surface area contributed by atoms with Crippen molar-refractivity contribution in [1.29, 1.82) is 0 Å². The maximum Gasteiger partial charge on any atom is 0.246 e. The molecule has 3 aromatic heterocycles. The molecule has 1 atom stereocenters. The van der Waals surface area contributed by atoms with Crippen molar-refractivity contribution >= 4 is 33.2 Å². The van der Waals surface area contributed by atoms with Gasteiger partial charge in [0, 0.05) is 53.5 Å². The largest absolute Gasteiger partial charge is 0.496 e. The van der Waals surface area contributed by atoms with Crippen molar-refractivity contribution in [2.45, 2.75) is 32.5 Å². The highest BCUT2D eigenvalue weighted by Gasteiger charge is 2.31. The Labute approximate surface area is 262 Å². The molecule has 0 spiro atoms. The Morgan fingerprint density at radius 3 is 2.69 bits per heavy atom. The highest BCUT2D eigenvalue weighted by molar-refractivity contribution is 7.18. The molecule has 0 saturated heterocycles. The SMILES string of the molecule is C=CC(=O)N1CCn2nc(-c3nc(-c4ccc5c(c4)CN(C)C(=O)C5)c4ccsc4c3-c3c(F)cc(F)cc3OC)cc2C1C. The van der Waals surface area contributed by atoms with Gasteiger partial charge in [-0.2, -0.15) is 5.10 Å². The molecule has 2 amide bonds. The molecule has 1 unspecified atom stereocenters. The summed E-state index contributed by atoms with van der Waals surface area (Å²) in [5.41, 5.74) is 5.78. The molecule has 7 rings (SSSR count). The van der Waals surface area contributed by atoms with Crippen LogP contribution in [0.4, 0.5) is 8.78 Å². The van der Waals surface area contributed by atoms with Crippen LogP contribution in [0.25, 0.3) is 43.9 Å². The maximum absolute atomic E-state index is 15.8. The van der Waals surface area contributed by atoms with E-state index in [2.05, 4.69) is 12.6 Å². The van der Waals surface area contributed by atoms with Crippen LogP contribution in [-0.2, 0) is 29.1 Å². The van der Waals surface area contributed by atoms with Crippen LogP contribution in [0.3, 0.4) is 0 Å². The number of halogens is 2. The van der Waals surface area contributed by atoms with E-state index in [-0.39, 0.29) is 29.2 Å². The van der Waals surface area contributed by atoms with Crippen molar-refractivity contribution in [3.05, 3.63) is 89.0 Å². The Morgan fingerprint density at radius 1 is 1.09 bits per heavy atom. The second-order valence-corrected chi connectivity index (χ2v) is 12.2. The fraction of sp³-hybridized carbons (Fsp3) is 0.235. The van der Waals surface area contributed by atoms with Gasteiger partial charge in [-0.05, 0) is 47.7 Å². The van der Waals surface area contributed by atoms with Crippen molar-refractivity contribution in [3.8, 4) is 39.5 Å². The Balaban J connectivity index is 1.49. The number of fused-ring (bicyclic) bond motifs is 3. The lowest BCUT2D eigenvalue weighted by molar-refractivity contribution is -0.130. The number of ether oxygens (including phenoxy) is 1. The number of amides is 2. The van der Waals surface area contributed by atoms with E-state index in [1.54, 1.807) is 16.8 Å². The molecular formula is C34H29F2N5O3S. The van der Waals surface area contributed by atoms with Crippen LogP contribution in [0, 0.1) is 11.6 Å². The smallest absolute Gasteiger partial charge is 0.246 e. The van der Waals surface area contributed by atoms with Gasteiger partial charge < -0.3 is 14.5 Å². The van der Waals surface area contributed by atoms with Gasteiger partial charge in [-0.1, -0.05) is 18.7 Å². The summed E-state index contributed by atoms with van der Waals surface area (Å²) in [5, 5.41) is 7.62. The first-order valence-corrected chi connectivity index (χ1v) is 15.4. The summed E-state index contributed by atoms with van der Waals surface area (Å²) in [6.07, 6.45) is 1.64. The van der Waals surface area contributed by atoms with Crippen LogP contribution in [-0.4, -0.2) is 57.1 Å². The first kappa shape index (κ1) is 28.8. The lowest BCUT2D eigenvalue weighted by atomic mass is 9.93. The lowest BCUT2D eigenvalue weighted by Gasteiger charge is -2.33. The molecule has 5 aromatic rings. The third-order valence-corrected chi connectivity index (χ3v) is 9.64. The summed E-state index contributed by atoms with van der Waals surface area (Å²) < 4.78 is 38.3. The van der Waals surface area contributed by atoms with Gasteiger partial charge in [-0.15, -0.1) is 11.3 Å². The first-order valence-electron chi connectivity index (χ1n) is 14.5. The van der Waals surface area contributed by atoms with Crippen molar-refractivity contribution in [3.63, 3.8) is 0 Å². The first-order chi connectivity index (χ1) is 21.7. The van der Waals surface area contributed by atoms with Gasteiger partial charge in [0.2, 0.25) is 11.8 Å². The van der Waals surface area contributed by atoms with E-state index >= 15 is 4.39 Å².